The van der Waals surface area contributed by atoms with Gasteiger partial charge < -0.3 is 134 Å². The third-order valence-corrected chi connectivity index (χ3v) is 15.0. The molecule has 5 atom stereocenters. The molecule has 0 spiro atoms. The molecule has 4 aliphatic heterocycles. The summed E-state index contributed by atoms with van der Waals surface area (Å²) >= 11 is 0. The molecule has 0 aliphatic carbocycles. The molecular weight excluding hydrogens is 1200 g/mol. The lowest BCUT2D eigenvalue weighted by atomic mass is 9.88. The van der Waals surface area contributed by atoms with Crippen molar-refractivity contribution < 1.29 is 153 Å². The fourth-order valence-corrected chi connectivity index (χ4v) is 11.0. The minimum atomic E-state index is -2.86. The van der Waals surface area contributed by atoms with E-state index in [9.17, 15) is 116 Å². The molecule has 454 valence electrons. The normalized spacial score (nSPS) is 18.5. The second-order valence-electron chi connectivity index (χ2n) is 19.8. The summed E-state index contributed by atoms with van der Waals surface area (Å²) in [5.41, 5.74) is -19.0. The molecule has 10 aromatic rings. The van der Waals surface area contributed by atoms with Gasteiger partial charge in [0.2, 0.25) is 46.0 Å². The molecule has 4 aliphatic rings. The Kier molecular flexibility index (Phi) is 11.6. The van der Waals surface area contributed by atoms with Gasteiger partial charge in [0, 0.05) is 49.9 Å². The molecule has 0 radical (unpaired) electrons. The van der Waals surface area contributed by atoms with Crippen LogP contribution in [0.3, 0.4) is 0 Å². The van der Waals surface area contributed by atoms with Gasteiger partial charge in [-0.05, 0) is 24.3 Å². The number of hydrogen-bond donors (Lipinski definition) is 18. The molecule has 0 saturated carbocycles. The Morgan fingerprint density at radius 3 is 1.33 bits per heavy atom. The largest absolute Gasteiger partial charge is 0.504 e. The molecule has 1 fully saturated rings. The quantitative estimate of drug-likeness (QED) is 0.0341. The highest BCUT2D eigenvalue weighted by Crippen LogP contribution is 2.59. The van der Waals surface area contributed by atoms with Gasteiger partial charge in [-0.2, -0.15) is 0 Å². The van der Waals surface area contributed by atoms with Crippen molar-refractivity contribution in [1.29, 1.82) is 0 Å². The zero-order valence-electron chi connectivity index (χ0n) is 43.1. The van der Waals surface area contributed by atoms with E-state index in [-0.39, 0.29) is 6.07 Å². The van der Waals surface area contributed by atoms with Crippen molar-refractivity contribution in [2.24, 2.45) is 0 Å². The third kappa shape index (κ3) is 7.46. The first-order valence-corrected chi connectivity index (χ1v) is 24.8. The Morgan fingerprint density at radius 1 is 0.337 bits per heavy atom. The molecular formula is C55H30O34. The fourth-order valence-electron chi connectivity index (χ4n) is 11.0. The number of phenolic OH excluding ortho intramolecular Hbond substituents is 17. The van der Waals surface area contributed by atoms with Crippen LogP contribution in [0.15, 0.2) is 58.0 Å². The summed E-state index contributed by atoms with van der Waals surface area (Å²) in [5.74, 6) is -35.8. The molecule has 7 aromatic carbocycles. The second-order valence-corrected chi connectivity index (χ2v) is 19.8. The van der Waals surface area contributed by atoms with Crippen LogP contribution in [0.1, 0.15) is 41.4 Å². The lowest BCUT2D eigenvalue weighted by Crippen LogP contribution is -2.62. The first kappa shape index (κ1) is 55.3. The molecule has 34 heteroatoms. The molecule has 7 heterocycles. The van der Waals surface area contributed by atoms with Gasteiger partial charge in [-0.15, -0.1) is 0 Å². The van der Waals surface area contributed by atoms with E-state index in [4.69, 9.17) is 41.7 Å². The van der Waals surface area contributed by atoms with Crippen LogP contribution in [0.4, 0.5) is 0 Å². The monoisotopic (exact) mass is 1230 g/mol. The van der Waals surface area contributed by atoms with E-state index in [2.05, 4.69) is 0 Å². The Bertz CT molecular complexity index is 5190. The number of carbonyl (C=O) groups is 4. The highest BCUT2D eigenvalue weighted by molar-refractivity contribution is 6.29. The van der Waals surface area contributed by atoms with Gasteiger partial charge in [0.1, 0.15) is 18.3 Å². The Hall–Kier alpha value is -12.9. The molecule has 14 rings (SSSR count). The number of fused-ring (bicyclic) bond motifs is 9. The van der Waals surface area contributed by atoms with Crippen LogP contribution in [0, 0.1) is 0 Å². The van der Waals surface area contributed by atoms with E-state index < -0.39 is 286 Å². The van der Waals surface area contributed by atoms with Crippen molar-refractivity contribution in [3.05, 3.63) is 83.8 Å². The minimum absolute atomic E-state index is 0.249. The first-order chi connectivity index (χ1) is 42.0. The number of carbonyl (C=O) groups excluding carboxylic acids is 4. The van der Waals surface area contributed by atoms with Gasteiger partial charge in [-0.25, -0.2) is 33.6 Å². The zero-order chi connectivity index (χ0) is 63.9. The summed E-state index contributed by atoms with van der Waals surface area (Å²) < 4.78 is 50.2. The molecule has 34 nitrogen and oxygen atoms in total. The minimum Gasteiger partial charge on any atom is -0.504 e. The van der Waals surface area contributed by atoms with Crippen LogP contribution < -0.4 is 21.6 Å². The molecule has 3 aromatic heterocycles. The van der Waals surface area contributed by atoms with E-state index >= 15 is 9.59 Å². The second kappa shape index (κ2) is 18.6. The third-order valence-electron chi connectivity index (χ3n) is 15.0. The zero-order valence-corrected chi connectivity index (χ0v) is 43.1. The van der Waals surface area contributed by atoms with Crippen LogP contribution in [0.5, 0.6) is 109 Å². The Labute approximate surface area is 482 Å². The van der Waals surface area contributed by atoms with Crippen molar-refractivity contribution in [2.45, 2.75) is 30.7 Å². The molecule has 89 heavy (non-hydrogen) atoms. The summed E-state index contributed by atoms with van der Waals surface area (Å²) in [7, 11) is 0. The molecule has 0 amide bonds. The summed E-state index contributed by atoms with van der Waals surface area (Å²) in [6.07, 6.45) is -13.8. The predicted octanol–water partition coefficient (Wildman–Crippen LogP) is 3.05. The van der Waals surface area contributed by atoms with Gasteiger partial charge in [0.25, 0.3) is 0 Å². The van der Waals surface area contributed by atoms with E-state index in [1.807, 2.05) is 0 Å². The predicted molar refractivity (Wildman–Crippen MR) is 282 cm³/mol. The topological polar surface area (TPSA) is 578 Å². The molecule has 1 saturated heterocycles. The highest BCUT2D eigenvalue weighted by atomic mass is 16.7. The van der Waals surface area contributed by atoms with Crippen LogP contribution in [0.25, 0.3) is 76.7 Å². The number of cyclic esters (lactones) is 1. The van der Waals surface area contributed by atoms with Crippen molar-refractivity contribution in [3.8, 4) is 131 Å². The van der Waals surface area contributed by atoms with E-state index in [0.29, 0.717) is 24.3 Å². The van der Waals surface area contributed by atoms with Crippen molar-refractivity contribution in [3.63, 3.8) is 0 Å². The van der Waals surface area contributed by atoms with Gasteiger partial charge in [0.15, 0.2) is 105 Å². The van der Waals surface area contributed by atoms with Crippen molar-refractivity contribution in [2.75, 3.05) is 6.61 Å². The van der Waals surface area contributed by atoms with Gasteiger partial charge >= 0.3 is 40.8 Å². The summed E-state index contributed by atoms with van der Waals surface area (Å²) in [5, 5.41) is 196. The summed E-state index contributed by atoms with van der Waals surface area (Å²) in [6, 6.07) is 1.82. The lowest BCUT2D eigenvalue weighted by Gasteiger charge is -2.43. The average Bonchev–Trinajstić information content (AvgIpc) is 0.906. The number of phenols is 17. The smallest absolute Gasteiger partial charge is 0.345 e. The number of aromatic hydroxyl groups is 17. The van der Waals surface area contributed by atoms with Crippen LogP contribution in [-0.2, 0) is 23.7 Å². The van der Waals surface area contributed by atoms with E-state index in [1.165, 1.54) is 0 Å². The van der Waals surface area contributed by atoms with Crippen molar-refractivity contribution >= 4 is 78.3 Å². The Balaban J connectivity index is 1.12. The highest BCUT2D eigenvalue weighted by Gasteiger charge is 2.54. The number of hydrogen-bond acceptors (Lipinski definition) is 34. The number of ether oxygens (including phenoxy) is 6. The number of rotatable bonds is 0. The van der Waals surface area contributed by atoms with Gasteiger partial charge in [-0.3, -0.25) is 0 Å². The summed E-state index contributed by atoms with van der Waals surface area (Å²) in [4.78, 5) is 102. The molecule has 8 bridgehead atoms. The van der Waals surface area contributed by atoms with Crippen LogP contribution in [0.2, 0.25) is 0 Å². The summed E-state index contributed by atoms with van der Waals surface area (Å²) in [6.45, 7) is -1.56. The lowest BCUT2D eigenvalue weighted by molar-refractivity contribution is -0.284. The van der Waals surface area contributed by atoms with E-state index in [0.717, 1.165) is 0 Å². The first-order valence-electron chi connectivity index (χ1n) is 24.8. The Morgan fingerprint density at radius 2 is 0.764 bits per heavy atom. The van der Waals surface area contributed by atoms with Gasteiger partial charge in [-0.1, -0.05) is 0 Å². The van der Waals surface area contributed by atoms with Crippen LogP contribution in [-0.4, -0.2) is 153 Å². The maximum Gasteiger partial charge on any atom is 0.345 e. The maximum absolute atomic E-state index is 15.3. The van der Waals surface area contributed by atoms with Crippen molar-refractivity contribution in [1.82, 2.24) is 0 Å². The number of esters is 4. The number of benzene rings is 7. The van der Waals surface area contributed by atoms with Gasteiger partial charge in [0.05, 0.1) is 32.8 Å². The SMILES string of the molecule is O=C1O[C@H]2[C@H](OC(=O)c3cc(O)c(c4oc(=O)c5cc(O)c(O)c(O)c5c34)Oc3c1cc(O)c(O)c3O)[C@@H]1OC(=O)c3cc(O)c(O)c(O)c3-c3c(O)c(O)c4oc(=O)c5c(c(O)c(O)c6oc(=O)c3c4c65)-c3c(cc(O)c(O)c3O)C(=O)OC[C@@H]1O[C@@H]2O. The average molecular weight is 1230 g/mol. The number of aliphatic hydroxyl groups is 1. The van der Waals surface area contributed by atoms with E-state index in [1.54, 1.807) is 0 Å². The number of aliphatic hydroxyl groups excluding tert-OH is 1. The molecule has 0 unspecified atom stereocenters. The maximum atomic E-state index is 15.3. The standard InChI is InChI=1S/C55H30O34/c56-12-1-7-19(33(66)29(12)62)22-26-24-25-27(54(79)86-43(24)38(71)35(22)68)23(36(69)39(72)44(25)85-53(26)78)20-9(3-14(58)30(63)34(20)67)49(74)84-42-17(6-81-48(7)73)82-55(80)47-46(42)88-51(76)10-4-16(60)41(83-40-11(52(77)89-47)5-15(59)31(64)37(40)70)45-21(10)18-8(50(75)87-45)2-13(57)28(61)32(18)65/h1-5,17,42,46-47,55-72,80H,6H2/t17-,42+,46+,47-,55-/m0/s1. The molecule has 18 N–H and O–H groups in total. The van der Waals surface area contributed by atoms with Crippen LogP contribution >= 0.6 is 0 Å². The fraction of sp³-hybridized carbons (Fsp3) is 0.109.